The summed E-state index contributed by atoms with van der Waals surface area (Å²) in [7, 11) is 1.85. The van der Waals surface area contributed by atoms with Crippen molar-refractivity contribution in [1.82, 2.24) is 19.7 Å². The number of aryl methyl sites for hydroxylation is 2. The molecule has 7 heteroatoms. The fourth-order valence-electron chi connectivity index (χ4n) is 4.79. The number of halogens is 2. The number of carbonyl (C=O) groups is 1. The summed E-state index contributed by atoms with van der Waals surface area (Å²) >= 11 is 0. The van der Waals surface area contributed by atoms with Gasteiger partial charge in [0.25, 0.3) is 0 Å². The first-order valence-corrected chi connectivity index (χ1v) is 10.9. The largest absolute Gasteiger partial charge is 0.345 e. The van der Waals surface area contributed by atoms with Crippen LogP contribution in [0.15, 0.2) is 18.2 Å². The van der Waals surface area contributed by atoms with Gasteiger partial charge in [-0.1, -0.05) is 0 Å². The predicted octanol–water partition coefficient (Wildman–Crippen LogP) is 4.27. The summed E-state index contributed by atoms with van der Waals surface area (Å²) in [4.78, 5) is 19.0. The smallest absolute Gasteiger partial charge is 0.248 e. The molecule has 2 aromatic heterocycles. The van der Waals surface area contributed by atoms with E-state index in [1.54, 1.807) is 4.90 Å². The number of pyridine rings is 1. The van der Waals surface area contributed by atoms with Crippen LogP contribution in [0.2, 0.25) is 0 Å². The van der Waals surface area contributed by atoms with Gasteiger partial charge in [0, 0.05) is 43.7 Å². The Morgan fingerprint density at radius 3 is 2.43 bits per heavy atom. The molecule has 5 nitrogen and oxygen atoms in total. The highest BCUT2D eigenvalue weighted by atomic mass is 19.3. The lowest BCUT2D eigenvalue weighted by Crippen LogP contribution is -2.26. The monoisotopic (exact) mass is 416 g/mol. The Balaban J connectivity index is 1.61. The molecule has 2 fully saturated rings. The van der Waals surface area contributed by atoms with Crippen molar-refractivity contribution >= 4 is 5.91 Å². The minimum absolute atomic E-state index is 0.00748. The van der Waals surface area contributed by atoms with Crippen molar-refractivity contribution in [3.8, 4) is 5.82 Å². The van der Waals surface area contributed by atoms with Crippen molar-refractivity contribution in [2.45, 2.75) is 64.7 Å². The van der Waals surface area contributed by atoms with E-state index in [1.807, 2.05) is 37.7 Å². The van der Waals surface area contributed by atoms with Crippen LogP contribution < -0.4 is 0 Å². The normalized spacial score (nSPS) is 22.1. The van der Waals surface area contributed by atoms with Gasteiger partial charge in [0.1, 0.15) is 0 Å². The molecule has 1 saturated heterocycles. The van der Waals surface area contributed by atoms with Crippen LogP contribution in [0.25, 0.3) is 5.82 Å². The zero-order valence-electron chi connectivity index (χ0n) is 18.0. The van der Waals surface area contributed by atoms with Crippen LogP contribution in [0, 0.1) is 25.7 Å². The fraction of sp³-hybridized carbons (Fsp3) is 0.609. The number of carbonyl (C=O) groups excluding carboxylic acids is 1. The number of rotatable bonds is 5. The summed E-state index contributed by atoms with van der Waals surface area (Å²) in [6.07, 6.45) is 3.21. The molecule has 2 aliphatic rings. The first-order valence-electron chi connectivity index (χ1n) is 10.9. The highest BCUT2D eigenvalue weighted by Crippen LogP contribution is 2.37. The molecule has 1 amide bonds. The topological polar surface area (TPSA) is 51.0 Å². The maximum absolute atomic E-state index is 13.5. The van der Waals surface area contributed by atoms with Crippen molar-refractivity contribution in [2.75, 3.05) is 13.6 Å². The number of likely N-dealkylation sites (tertiary alicyclic amines) is 1. The van der Waals surface area contributed by atoms with Gasteiger partial charge in [0.15, 0.2) is 5.82 Å². The minimum atomic E-state index is -2.52. The van der Waals surface area contributed by atoms with Crippen LogP contribution >= 0.6 is 0 Å². The maximum Gasteiger partial charge on any atom is 0.248 e. The molecule has 162 valence electrons. The van der Waals surface area contributed by atoms with Gasteiger partial charge in [-0.3, -0.25) is 4.79 Å². The number of alkyl halides is 2. The van der Waals surface area contributed by atoms with Crippen LogP contribution in [0.5, 0.6) is 0 Å². The fourth-order valence-corrected chi connectivity index (χ4v) is 4.79. The van der Waals surface area contributed by atoms with Gasteiger partial charge in [-0.15, -0.1) is 0 Å². The summed E-state index contributed by atoms with van der Waals surface area (Å²) in [5.41, 5.74) is 3.89. The first-order chi connectivity index (χ1) is 14.2. The molecule has 1 saturated carbocycles. The second kappa shape index (κ2) is 8.08. The molecule has 0 bridgehead atoms. The highest BCUT2D eigenvalue weighted by molar-refractivity contribution is 5.80. The van der Waals surface area contributed by atoms with Crippen LogP contribution in [0.4, 0.5) is 8.78 Å². The van der Waals surface area contributed by atoms with E-state index in [2.05, 4.69) is 11.2 Å². The highest BCUT2D eigenvalue weighted by Gasteiger charge is 2.35. The molecule has 30 heavy (non-hydrogen) atoms. The lowest BCUT2D eigenvalue weighted by molar-refractivity contribution is -0.129. The Bertz CT molecular complexity index is 929. The minimum Gasteiger partial charge on any atom is -0.345 e. The molecule has 0 radical (unpaired) electrons. The molecule has 2 aromatic rings. The van der Waals surface area contributed by atoms with E-state index in [0.29, 0.717) is 25.7 Å². The van der Waals surface area contributed by atoms with Gasteiger partial charge in [-0.25, -0.2) is 18.4 Å². The second-order valence-corrected chi connectivity index (χ2v) is 9.12. The Labute approximate surface area is 176 Å². The van der Waals surface area contributed by atoms with Crippen LogP contribution in [0.1, 0.15) is 54.7 Å². The standard InChI is InChI=1S/C23H30F2N4O/c1-15-10-16(2)29(27-15)21-14-18(11-19-6-9-28(3)22(19)30)13-20(26-21)12-17-4-7-23(24,25)8-5-17/h10,13-14,17,19H,4-9,11-12H2,1-3H3/t19-/m1/s1. The summed E-state index contributed by atoms with van der Waals surface area (Å²) in [6.45, 7) is 4.73. The van der Waals surface area contributed by atoms with Gasteiger partial charge in [0.2, 0.25) is 11.8 Å². The van der Waals surface area contributed by atoms with Gasteiger partial charge < -0.3 is 4.90 Å². The van der Waals surface area contributed by atoms with Crippen molar-refractivity contribution < 1.29 is 13.6 Å². The Kier molecular flexibility index (Phi) is 5.64. The molecular formula is C23H30F2N4O. The third kappa shape index (κ3) is 4.55. The van der Waals surface area contributed by atoms with E-state index in [9.17, 15) is 13.6 Å². The number of hydrogen-bond donors (Lipinski definition) is 0. The lowest BCUT2D eigenvalue weighted by Gasteiger charge is -2.28. The lowest BCUT2D eigenvalue weighted by atomic mass is 9.83. The number of amides is 1. The molecule has 0 aromatic carbocycles. The van der Waals surface area contributed by atoms with Crippen molar-refractivity contribution in [2.24, 2.45) is 11.8 Å². The summed E-state index contributed by atoms with van der Waals surface area (Å²) in [6, 6.07) is 6.09. The third-order valence-corrected chi connectivity index (χ3v) is 6.51. The molecule has 4 rings (SSSR count). The molecule has 1 aliphatic carbocycles. The SMILES string of the molecule is Cc1cc(C)n(-c2cc(C[C@H]3CCN(C)C3=O)cc(CC3CCC(F)(F)CC3)n2)n1. The maximum atomic E-state index is 13.5. The van der Waals surface area contributed by atoms with Gasteiger partial charge in [-0.2, -0.15) is 5.10 Å². The Morgan fingerprint density at radius 2 is 1.83 bits per heavy atom. The summed E-state index contributed by atoms with van der Waals surface area (Å²) < 4.78 is 28.9. The van der Waals surface area contributed by atoms with E-state index in [0.717, 1.165) is 41.4 Å². The van der Waals surface area contributed by atoms with E-state index >= 15 is 0 Å². The van der Waals surface area contributed by atoms with E-state index in [4.69, 9.17) is 4.98 Å². The third-order valence-electron chi connectivity index (χ3n) is 6.51. The zero-order chi connectivity index (χ0) is 21.5. The van der Waals surface area contributed by atoms with E-state index < -0.39 is 5.92 Å². The van der Waals surface area contributed by atoms with Crippen LogP contribution in [-0.4, -0.2) is 45.1 Å². The number of nitrogens with zero attached hydrogens (tertiary/aromatic N) is 4. The van der Waals surface area contributed by atoms with Crippen LogP contribution in [-0.2, 0) is 17.6 Å². The summed E-state index contributed by atoms with van der Waals surface area (Å²) in [5.74, 6) is -1.37. The molecule has 0 unspecified atom stereocenters. The average Bonchev–Trinajstić information content (AvgIpc) is 3.19. The Morgan fingerprint density at radius 1 is 1.10 bits per heavy atom. The van der Waals surface area contributed by atoms with Gasteiger partial charge in [0.05, 0.1) is 5.69 Å². The van der Waals surface area contributed by atoms with Crippen LogP contribution in [0.3, 0.4) is 0 Å². The predicted molar refractivity (Wildman–Crippen MR) is 111 cm³/mol. The van der Waals surface area contributed by atoms with Crippen molar-refractivity contribution in [3.63, 3.8) is 0 Å². The molecule has 3 heterocycles. The summed E-state index contributed by atoms with van der Waals surface area (Å²) in [5, 5.41) is 4.57. The average molecular weight is 417 g/mol. The first kappa shape index (κ1) is 20.9. The van der Waals surface area contributed by atoms with Crippen molar-refractivity contribution in [1.29, 1.82) is 0 Å². The van der Waals surface area contributed by atoms with Crippen molar-refractivity contribution in [3.05, 3.63) is 40.8 Å². The molecular weight excluding hydrogens is 386 g/mol. The quantitative estimate of drug-likeness (QED) is 0.731. The van der Waals surface area contributed by atoms with Gasteiger partial charge in [-0.05, 0) is 75.6 Å². The molecule has 0 N–H and O–H groups in total. The molecule has 1 atom stereocenters. The van der Waals surface area contributed by atoms with E-state index in [1.165, 1.54) is 0 Å². The Hall–Kier alpha value is -2.31. The molecule has 0 spiro atoms. The number of aromatic nitrogens is 3. The number of hydrogen-bond acceptors (Lipinski definition) is 3. The second-order valence-electron chi connectivity index (χ2n) is 9.12. The zero-order valence-corrected chi connectivity index (χ0v) is 18.0. The van der Waals surface area contributed by atoms with E-state index in [-0.39, 0.29) is 30.6 Å². The molecule has 1 aliphatic heterocycles. The van der Waals surface area contributed by atoms with Gasteiger partial charge >= 0.3 is 0 Å².